The first-order chi connectivity index (χ1) is 6.49. The van der Waals surface area contributed by atoms with E-state index < -0.39 is 0 Å². The van der Waals surface area contributed by atoms with Crippen molar-refractivity contribution in [2.75, 3.05) is 11.1 Å². The van der Waals surface area contributed by atoms with Crippen LogP contribution in [0.2, 0.25) is 0 Å². The van der Waals surface area contributed by atoms with Crippen LogP contribution in [-0.4, -0.2) is 21.7 Å². The third-order valence-corrected chi connectivity index (χ3v) is 1.75. The maximum absolute atomic E-state index is 10.6. The van der Waals surface area contributed by atoms with Crippen LogP contribution >= 0.6 is 0 Å². The van der Waals surface area contributed by atoms with Crippen molar-refractivity contribution >= 4 is 17.4 Å². The van der Waals surface area contributed by atoms with Gasteiger partial charge in [-0.15, -0.1) is 0 Å². The molecule has 14 heavy (non-hydrogen) atoms. The van der Waals surface area contributed by atoms with Crippen molar-refractivity contribution in [3.63, 3.8) is 0 Å². The highest BCUT2D eigenvalue weighted by atomic mass is 16.1. The van der Waals surface area contributed by atoms with E-state index in [2.05, 4.69) is 10.4 Å². The minimum absolute atomic E-state index is 0.0651. The lowest BCUT2D eigenvalue weighted by atomic mass is 10.2. The number of nitrogens with zero attached hydrogens (tertiary/aromatic N) is 2. The molecule has 5 N–H and O–H groups in total. The molecule has 1 rings (SSSR count). The van der Waals surface area contributed by atoms with Gasteiger partial charge in [-0.2, -0.15) is 5.10 Å². The predicted molar refractivity (Wildman–Crippen MR) is 54.5 cm³/mol. The van der Waals surface area contributed by atoms with Gasteiger partial charge in [-0.1, -0.05) is 0 Å². The molecule has 0 aliphatic heterocycles. The van der Waals surface area contributed by atoms with Gasteiger partial charge in [0.2, 0.25) is 5.91 Å². The highest BCUT2D eigenvalue weighted by molar-refractivity contribution is 5.75. The molecule has 0 aliphatic carbocycles. The number of aromatic nitrogens is 2. The Morgan fingerprint density at radius 3 is 2.86 bits per heavy atom. The number of amides is 1. The van der Waals surface area contributed by atoms with Crippen LogP contribution in [0.1, 0.15) is 13.3 Å². The summed E-state index contributed by atoms with van der Waals surface area (Å²) in [4.78, 5) is 10.6. The molecule has 1 aromatic rings. The molecule has 0 aromatic carbocycles. The monoisotopic (exact) mass is 197 g/mol. The first-order valence-corrected chi connectivity index (χ1v) is 4.33. The van der Waals surface area contributed by atoms with Crippen molar-refractivity contribution < 1.29 is 4.79 Å². The van der Waals surface area contributed by atoms with Gasteiger partial charge in [0.25, 0.3) is 0 Å². The van der Waals surface area contributed by atoms with Gasteiger partial charge < -0.3 is 16.8 Å². The first-order valence-electron chi connectivity index (χ1n) is 4.33. The third kappa shape index (κ3) is 2.65. The average Bonchev–Trinajstić information content (AvgIpc) is 2.28. The summed E-state index contributed by atoms with van der Waals surface area (Å²) < 4.78 is 1.61. The molecular weight excluding hydrogens is 182 g/mol. The van der Waals surface area contributed by atoms with Crippen LogP contribution in [0.25, 0.3) is 0 Å². The summed E-state index contributed by atoms with van der Waals surface area (Å²) in [6.45, 7) is 1.85. The summed E-state index contributed by atoms with van der Waals surface area (Å²) in [6, 6.07) is -0.0651. The first kappa shape index (κ1) is 10.4. The standard InChI is InChI=1S/C8H15N5O/c1-5(3-7(10)14)11-8-6(9)4-13(2)12-8/h4-5H,3,9H2,1-2H3,(H2,10,14)(H,11,12). The number of nitrogen functional groups attached to an aromatic ring is 1. The lowest BCUT2D eigenvalue weighted by Crippen LogP contribution is -2.24. The Balaban J connectivity index is 2.59. The van der Waals surface area contributed by atoms with Crippen molar-refractivity contribution in [2.45, 2.75) is 19.4 Å². The van der Waals surface area contributed by atoms with Crippen LogP contribution in [0, 0.1) is 0 Å². The van der Waals surface area contributed by atoms with Crippen molar-refractivity contribution in [1.29, 1.82) is 0 Å². The fraction of sp³-hybridized carbons (Fsp3) is 0.500. The normalized spacial score (nSPS) is 12.4. The van der Waals surface area contributed by atoms with Gasteiger partial charge in [-0.05, 0) is 6.92 Å². The number of nitrogens with two attached hydrogens (primary N) is 2. The van der Waals surface area contributed by atoms with E-state index in [0.29, 0.717) is 11.5 Å². The van der Waals surface area contributed by atoms with Crippen LogP contribution in [-0.2, 0) is 11.8 Å². The predicted octanol–water partition coefficient (Wildman–Crippen LogP) is -0.322. The second-order valence-electron chi connectivity index (χ2n) is 3.32. The maximum atomic E-state index is 10.6. The smallest absolute Gasteiger partial charge is 0.219 e. The van der Waals surface area contributed by atoms with E-state index in [1.54, 1.807) is 17.9 Å². The van der Waals surface area contributed by atoms with Gasteiger partial charge in [0, 0.05) is 25.7 Å². The molecular formula is C8H15N5O. The summed E-state index contributed by atoms with van der Waals surface area (Å²) in [7, 11) is 1.78. The topological polar surface area (TPSA) is 99.0 Å². The van der Waals surface area contributed by atoms with Crippen molar-refractivity contribution in [1.82, 2.24) is 9.78 Å². The minimum atomic E-state index is -0.348. The summed E-state index contributed by atoms with van der Waals surface area (Å²) in [6.07, 6.45) is 1.95. The van der Waals surface area contributed by atoms with Gasteiger partial charge in [-0.25, -0.2) is 0 Å². The Bertz CT molecular complexity index is 332. The number of aryl methyl sites for hydroxylation is 1. The molecule has 6 nitrogen and oxygen atoms in total. The zero-order valence-corrected chi connectivity index (χ0v) is 8.32. The van der Waals surface area contributed by atoms with Gasteiger partial charge >= 0.3 is 0 Å². The van der Waals surface area contributed by atoms with Crippen molar-refractivity contribution in [3.8, 4) is 0 Å². The molecule has 0 fully saturated rings. The molecule has 1 aromatic heterocycles. The zero-order chi connectivity index (χ0) is 10.7. The number of primary amides is 1. The summed E-state index contributed by atoms with van der Waals surface area (Å²) in [5.74, 6) is 0.237. The highest BCUT2D eigenvalue weighted by Gasteiger charge is 2.09. The lowest BCUT2D eigenvalue weighted by molar-refractivity contribution is -0.118. The average molecular weight is 197 g/mol. The van der Waals surface area contributed by atoms with Crippen LogP contribution in [0.4, 0.5) is 11.5 Å². The molecule has 1 heterocycles. The van der Waals surface area contributed by atoms with Crippen LogP contribution in [0.15, 0.2) is 6.20 Å². The Morgan fingerprint density at radius 2 is 2.43 bits per heavy atom. The minimum Gasteiger partial charge on any atom is -0.394 e. The quantitative estimate of drug-likeness (QED) is 0.615. The molecule has 0 aliphatic rings. The molecule has 6 heteroatoms. The molecule has 0 saturated heterocycles. The zero-order valence-electron chi connectivity index (χ0n) is 8.32. The Kier molecular flexibility index (Phi) is 2.95. The number of nitrogens with one attached hydrogen (secondary N) is 1. The van der Waals surface area contributed by atoms with E-state index in [1.807, 2.05) is 6.92 Å². The Morgan fingerprint density at radius 1 is 1.79 bits per heavy atom. The molecule has 1 amide bonds. The molecule has 0 spiro atoms. The van der Waals surface area contributed by atoms with Crippen molar-refractivity contribution in [3.05, 3.63) is 6.20 Å². The Hall–Kier alpha value is -1.72. The molecule has 0 bridgehead atoms. The second kappa shape index (κ2) is 3.99. The molecule has 78 valence electrons. The number of hydrogen-bond donors (Lipinski definition) is 3. The van der Waals surface area contributed by atoms with Crippen molar-refractivity contribution in [2.24, 2.45) is 12.8 Å². The fourth-order valence-electron chi connectivity index (χ4n) is 1.21. The maximum Gasteiger partial charge on any atom is 0.219 e. The summed E-state index contributed by atoms with van der Waals surface area (Å²) >= 11 is 0. The SMILES string of the molecule is CC(CC(N)=O)Nc1nn(C)cc1N. The summed E-state index contributed by atoms with van der Waals surface area (Å²) in [5, 5.41) is 7.09. The number of anilines is 2. The van der Waals surface area contributed by atoms with Gasteiger partial charge in [0.15, 0.2) is 5.82 Å². The molecule has 0 radical (unpaired) electrons. The number of hydrogen-bond acceptors (Lipinski definition) is 4. The number of carbonyl (C=O) groups is 1. The number of carbonyl (C=O) groups excluding carboxylic acids is 1. The van der Waals surface area contributed by atoms with Crippen LogP contribution < -0.4 is 16.8 Å². The second-order valence-corrected chi connectivity index (χ2v) is 3.32. The van der Waals surface area contributed by atoms with E-state index in [1.165, 1.54) is 0 Å². The van der Waals surface area contributed by atoms with Gasteiger partial charge in [0.05, 0.1) is 5.69 Å². The highest BCUT2D eigenvalue weighted by Crippen LogP contribution is 2.15. The largest absolute Gasteiger partial charge is 0.394 e. The molecule has 1 unspecified atom stereocenters. The Labute approximate surface area is 82.3 Å². The van der Waals surface area contributed by atoms with E-state index >= 15 is 0 Å². The molecule has 1 atom stereocenters. The van der Waals surface area contributed by atoms with Gasteiger partial charge in [0.1, 0.15) is 0 Å². The van der Waals surface area contributed by atoms with Gasteiger partial charge in [-0.3, -0.25) is 9.48 Å². The van der Waals surface area contributed by atoms with Crippen LogP contribution in [0.3, 0.4) is 0 Å². The van der Waals surface area contributed by atoms with Crippen LogP contribution in [0.5, 0.6) is 0 Å². The van der Waals surface area contributed by atoms with E-state index in [-0.39, 0.29) is 18.4 Å². The van der Waals surface area contributed by atoms with E-state index in [0.717, 1.165) is 0 Å². The summed E-state index contributed by atoms with van der Waals surface area (Å²) in [5.41, 5.74) is 11.3. The third-order valence-electron chi connectivity index (χ3n) is 1.75. The fourth-order valence-corrected chi connectivity index (χ4v) is 1.21. The van der Waals surface area contributed by atoms with E-state index in [4.69, 9.17) is 11.5 Å². The number of rotatable bonds is 4. The molecule has 0 saturated carbocycles. The lowest BCUT2D eigenvalue weighted by Gasteiger charge is -2.10. The van der Waals surface area contributed by atoms with E-state index in [9.17, 15) is 4.79 Å².